The molecule has 2 aromatic carbocycles. The fourth-order valence-corrected chi connectivity index (χ4v) is 3.16. The van der Waals surface area contributed by atoms with Crippen LogP contribution in [0.3, 0.4) is 0 Å². The Kier molecular flexibility index (Phi) is 4.48. The monoisotopic (exact) mass is 427 g/mol. The van der Waals surface area contributed by atoms with E-state index in [1.807, 2.05) is 60.0 Å². The maximum absolute atomic E-state index is 5.40. The first kappa shape index (κ1) is 16.8. The van der Waals surface area contributed by atoms with Crippen LogP contribution in [0, 0.1) is 11.7 Å². The molecule has 0 aliphatic heterocycles. The molecule has 0 fully saturated rings. The molecule has 9 heteroatoms. The van der Waals surface area contributed by atoms with Crippen LogP contribution in [0.5, 0.6) is 0 Å². The Hall–Kier alpha value is -2.65. The van der Waals surface area contributed by atoms with Crippen molar-refractivity contribution in [2.24, 2.45) is 0 Å². The molecule has 1 N–H and O–H groups in total. The van der Waals surface area contributed by atoms with Crippen molar-refractivity contribution in [1.29, 1.82) is 0 Å². The molecular formula is C17H14BrN7S. The summed E-state index contributed by atoms with van der Waals surface area (Å²) in [5.41, 5.74) is 2.99. The summed E-state index contributed by atoms with van der Waals surface area (Å²) in [5.74, 6) is 1.28. The van der Waals surface area contributed by atoms with Gasteiger partial charge >= 0.3 is 0 Å². The van der Waals surface area contributed by atoms with E-state index in [1.54, 1.807) is 0 Å². The molecule has 0 unspecified atom stereocenters. The minimum absolute atomic E-state index is 0.352. The molecule has 0 saturated heterocycles. The molecule has 7 nitrogen and oxygen atoms in total. The summed E-state index contributed by atoms with van der Waals surface area (Å²) < 4.78 is 3.43. The molecule has 0 aliphatic rings. The zero-order valence-corrected chi connectivity index (χ0v) is 16.2. The number of tetrazole rings is 1. The summed E-state index contributed by atoms with van der Waals surface area (Å²) in [6.07, 6.45) is 0. The molecule has 0 amide bonds. The minimum Gasteiger partial charge on any atom is -0.270 e. The van der Waals surface area contributed by atoms with Crippen molar-refractivity contribution in [2.45, 2.75) is 13.5 Å². The second kappa shape index (κ2) is 6.93. The summed E-state index contributed by atoms with van der Waals surface area (Å²) in [7, 11) is 0. The van der Waals surface area contributed by atoms with Crippen LogP contribution in [0.4, 0.5) is 0 Å². The maximum Gasteiger partial charge on any atom is 0.204 e. The van der Waals surface area contributed by atoms with Crippen molar-refractivity contribution < 1.29 is 0 Å². The van der Waals surface area contributed by atoms with Gasteiger partial charge in [0.1, 0.15) is 6.54 Å². The van der Waals surface area contributed by atoms with Gasteiger partial charge in [0.05, 0.1) is 5.69 Å². The number of nitrogens with one attached hydrogen (secondary N) is 1. The van der Waals surface area contributed by atoms with Gasteiger partial charge in [0.2, 0.25) is 5.82 Å². The number of aromatic amines is 1. The van der Waals surface area contributed by atoms with Gasteiger partial charge in [-0.3, -0.25) is 9.67 Å². The number of para-hydroxylation sites is 1. The van der Waals surface area contributed by atoms with Crippen LogP contribution in [0.15, 0.2) is 53.0 Å². The topological polar surface area (TPSA) is 77.2 Å². The van der Waals surface area contributed by atoms with E-state index in [0.29, 0.717) is 23.0 Å². The number of H-pyrrole nitrogens is 1. The zero-order valence-electron chi connectivity index (χ0n) is 13.8. The summed E-state index contributed by atoms with van der Waals surface area (Å²) in [5, 5.41) is 19.9. The lowest BCUT2D eigenvalue weighted by atomic mass is 10.2. The third-order valence-electron chi connectivity index (χ3n) is 3.94. The van der Waals surface area contributed by atoms with Crippen LogP contribution >= 0.6 is 28.1 Å². The van der Waals surface area contributed by atoms with E-state index in [2.05, 4.69) is 41.5 Å². The molecule has 26 heavy (non-hydrogen) atoms. The van der Waals surface area contributed by atoms with Gasteiger partial charge in [-0.05, 0) is 60.3 Å². The van der Waals surface area contributed by atoms with Crippen molar-refractivity contribution >= 4 is 28.1 Å². The van der Waals surface area contributed by atoms with Gasteiger partial charge in [-0.2, -0.15) is 9.90 Å². The van der Waals surface area contributed by atoms with Gasteiger partial charge < -0.3 is 0 Å². The Bertz CT molecular complexity index is 1110. The average Bonchev–Trinajstić information content (AvgIpc) is 3.24. The SMILES string of the molecule is Cc1ccccc1-n1c(Cn2nnc(-c3ccc(Br)cc3)n2)n[nH]c1=S. The third-order valence-corrected chi connectivity index (χ3v) is 4.74. The molecule has 0 saturated carbocycles. The number of rotatable bonds is 4. The van der Waals surface area contributed by atoms with Gasteiger partial charge in [0.15, 0.2) is 10.6 Å². The van der Waals surface area contributed by atoms with Crippen molar-refractivity contribution in [3.8, 4) is 17.1 Å². The number of hydrogen-bond acceptors (Lipinski definition) is 5. The highest BCUT2D eigenvalue weighted by atomic mass is 79.9. The Morgan fingerprint density at radius 1 is 1.12 bits per heavy atom. The van der Waals surface area contributed by atoms with Gasteiger partial charge in [-0.1, -0.05) is 34.1 Å². The average molecular weight is 428 g/mol. The van der Waals surface area contributed by atoms with Crippen LogP contribution in [-0.2, 0) is 6.54 Å². The van der Waals surface area contributed by atoms with Gasteiger partial charge in [-0.25, -0.2) is 0 Å². The second-order valence-corrected chi connectivity index (χ2v) is 7.02. The van der Waals surface area contributed by atoms with Crippen LogP contribution in [0.2, 0.25) is 0 Å². The Balaban J connectivity index is 1.66. The zero-order chi connectivity index (χ0) is 18.1. The molecule has 0 atom stereocenters. The molecule has 4 aromatic rings. The van der Waals surface area contributed by atoms with Gasteiger partial charge in [-0.15, -0.1) is 10.2 Å². The number of aryl methyl sites for hydroxylation is 1. The predicted molar refractivity (Wildman–Crippen MR) is 104 cm³/mol. The quantitative estimate of drug-likeness (QED) is 0.502. The highest BCUT2D eigenvalue weighted by molar-refractivity contribution is 9.10. The predicted octanol–water partition coefficient (Wildman–Crippen LogP) is 3.70. The van der Waals surface area contributed by atoms with Crippen molar-refractivity contribution in [1.82, 2.24) is 35.0 Å². The summed E-state index contributed by atoms with van der Waals surface area (Å²) in [4.78, 5) is 1.51. The highest BCUT2D eigenvalue weighted by Gasteiger charge is 2.13. The first-order valence-electron chi connectivity index (χ1n) is 7.88. The molecule has 0 spiro atoms. The lowest BCUT2D eigenvalue weighted by Gasteiger charge is -2.09. The molecule has 4 rings (SSSR count). The number of halogens is 1. The van der Waals surface area contributed by atoms with E-state index in [-0.39, 0.29) is 0 Å². The van der Waals surface area contributed by atoms with E-state index >= 15 is 0 Å². The first-order valence-corrected chi connectivity index (χ1v) is 9.08. The van der Waals surface area contributed by atoms with Gasteiger partial charge in [0.25, 0.3) is 0 Å². The molecule has 2 aromatic heterocycles. The molecule has 0 radical (unpaired) electrons. The standard InChI is InChI=1S/C17H14BrN7S/c1-11-4-2-3-5-14(11)25-15(19-21-17(25)26)10-24-22-16(20-23-24)12-6-8-13(18)9-7-12/h2-9H,10H2,1H3,(H,21,26). The maximum atomic E-state index is 5.40. The summed E-state index contributed by atoms with van der Waals surface area (Å²) in [6, 6.07) is 15.8. The van der Waals surface area contributed by atoms with Crippen LogP contribution in [0.1, 0.15) is 11.4 Å². The normalized spacial score (nSPS) is 11.0. The fourth-order valence-electron chi connectivity index (χ4n) is 2.65. The number of aromatic nitrogens is 7. The fraction of sp³-hybridized carbons (Fsp3) is 0.118. The minimum atomic E-state index is 0.352. The number of hydrogen-bond donors (Lipinski definition) is 1. The lowest BCUT2D eigenvalue weighted by molar-refractivity contribution is 0.548. The molecule has 0 bridgehead atoms. The summed E-state index contributed by atoms with van der Waals surface area (Å²) >= 11 is 8.82. The van der Waals surface area contributed by atoms with Gasteiger partial charge in [0, 0.05) is 10.0 Å². The van der Waals surface area contributed by atoms with Crippen LogP contribution in [-0.4, -0.2) is 35.0 Å². The lowest BCUT2D eigenvalue weighted by Crippen LogP contribution is -2.11. The molecule has 2 heterocycles. The smallest absolute Gasteiger partial charge is 0.204 e. The number of nitrogens with zero attached hydrogens (tertiary/aromatic N) is 6. The Morgan fingerprint density at radius 3 is 2.65 bits per heavy atom. The largest absolute Gasteiger partial charge is 0.270 e. The summed E-state index contributed by atoms with van der Waals surface area (Å²) in [6.45, 7) is 2.39. The van der Waals surface area contributed by atoms with Crippen molar-refractivity contribution in [3.63, 3.8) is 0 Å². The van der Waals surface area contributed by atoms with E-state index in [9.17, 15) is 0 Å². The van der Waals surface area contributed by atoms with Crippen molar-refractivity contribution in [2.75, 3.05) is 0 Å². The van der Waals surface area contributed by atoms with E-state index in [1.165, 1.54) is 4.80 Å². The Labute approximate surface area is 162 Å². The van der Waals surface area contributed by atoms with E-state index < -0.39 is 0 Å². The van der Waals surface area contributed by atoms with E-state index in [4.69, 9.17) is 12.2 Å². The van der Waals surface area contributed by atoms with E-state index in [0.717, 1.165) is 21.3 Å². The van der Waals surface area contributed by atoms with Crippen LogP contribution < -0.4 is 0 Å². The van der Waals surface area contributed by atoms with Crippen LogP contribution in [0.25, 0.3) is 17.1 Å². The third kappa shape index (κ3) is 3.23. The molecular weight excluding hydrogens is 414 g/mol. The highest BCUT2D eigenvalue weighted by Crippen LogP contribution is 2.18. The molecule has 0 aliphatic carbocycles. The van der Waals surface area contributed by atoms with Crippen molar-refractivity contribution in [3.05, 3.63) is 69.2 Å². The second-order valence-electron chi connectivity index (χ2n) is 5.72. The number of benzene rings is 2. The first-order chi connectivity index (χ1) is 12.6. The molecule has 130 valence electrons. The Morgan fingerprint density at radius 2 is 1.88 bits per heavy atom.